The van der Waals surface area contributed by atoms with Gasteiger partial charge in [0.15, 0.2) is 6.61 Å². The number of hydrogen-bond donors (Lipinski definition) is 1. The van der Waals surface area contributed by atoms with Crippen molar-refractivity contribution in [2.24, 2.45) is 0 Å². The van der Waals surface area contributed by atoms with Crippen molar-refractivity contribution in [1.29, 1.82) is 0 Å². The molecule has 1 amide bonds. The van der Waals surface area contributed by atoms with Gasteiger partial charge in [-0.05, 0) is 35.9 Å². The minimum atomic E-state index is -3.71. The number of carbonyl (C=O) groups is 2. The zero-order chi connectivity index (χ0) is 24.1. The van der Waals surface area contributed by atoms with E-state index >= 15 is 0 Å². The van der Waals surface area contributed by atoms with Gasteiger partial charge in [0.2, 0.25) is 10.0 Å². The van der Waals surface area contributed by atoms with E-state index < -0.39 is 22.6 Å². The third-order valence-electron chi connectivity index (χ3n) is 4.44. The Morgan fingerprint density at radius 2 is 1.73 bits per heavy atom. The number of benzene rings is 1. The predicted molar refractivity (Wildman–Crippen MR) is 120 cm³/mol. The molecule has 0 aliphatic carbocycles. The Bertz CT molecular complexity index is 994. The van der Waals surface area contributed by atoms with Crippen molar-refractivity contribution < 1.29 is 36.6 Å². The number of furan rings is 1. The van der Waals surface area contributed by atoms with Crippen LogP contribution in [0.5, 0.6) is 0 Å². The molecule has 1 aromatic heterocycles. The number of ether oxygens (including phenoxy) is 3. The Kier molecular flexibility index (Phi) is 10.8. The molecular formula is C22H28N2O8S. The Morgan fingerprint density at radius 3 is 2.30 bits per heavy atom. The Morgan fingerprint density at radius 1 is 1.06 bits per heavy atom. The van der Waals surface area contributed by atoms with Crippen molar-refractivity contribution >= 4 is 28.0 Å². The largest absolute Gasteiger partial charge is 0.468 e. The summed E-state index contributed by atoms with van der Waals surface area (Å²) in [5.41, 5.74) is 0.588. The lowest BCUT2D eigenvalue weighted by molar-refractivity contribution is -0.148. The molecule has 0 saturated heterocycles. The van der Waals surface area contributed by atoms with Crippen LogP contribution in [0.4, 0.5) is 0 Å². The van der Waals surface area contributed by atoms with E-state index in [1.807, 2.05) is 0 Å². The van der Waals surface area contributed by atoms with Crippen molar-refractivity contribution in [2.45, 2.75) is 11.4 Å². The molecular weight excluding hydrogens is 452 g/mol. The summed E-state index contributed by atoms with van der Waals surface area (Å²) in [6, 6.07) is 9.27. The van der Waals surface area contributed by atoms with Crippen LogP contribution in [-0.2, 0) is 40.4 Å². The quantitative estimate of drug-likeness (QED) is 0.318. The van der Waals surface area contributed by atoms with Crippen molar-refractivity contribution in [1.82, 2.24) is 9.62 Å². The van der Waals surface area contributed by atoms with Crippen molar-refractivity contribution in [3.63, 3.8) is 0 Å². The van der Waals surface area contributed by atoms with Gasteiger partial charge >= 0.3 is 5.97 Å². The maximum absolute atomic E-state index is 12.3. The van der Waals surface area contributed by atoms with Crippen LogP contribution in [-0.4, -0.2) is 72.3 Å². The van der Waals surface area contributed by atoms with Crippen LogP contribution in [0.1, 0.15) is 11.3 Å². The summed E-state index contributed by atoms with van der Waals surface area (Å²) in [5, 5.41) is 0. The lowest BCUT2D eigenvalue weighted by Crippen LogP contribution is -2.39. The van der Waals surface area contributed by atoms with Gasteiger partial charge in [0.1, 0.15) is 5.76 Å². The molecule has 0 radical (unpaired) electrons. The smallest absolute Gasteiger partial charge is 0.331 e. The van der Waals surface area contributed by atoms with Gasteiger partial charge in [0.05, 0.1) is 30.9 Å². The molecule has 0 saturated carbocycles. The van der Waals surface area contributed by atoms with Gasteiger partial charge in [-0.3, -0.25) is 4.79 Å². The van der Waals surface area contributed by atoms with Crippen LogP contribution < -0.4 is 4.72 Å². The second kappa shape index (κ2) is 13.5. The highest BCUT2D eigenvalue weighted by atomic mass is 32.2. The average molecular weight is 481 g/mol. The first-order chi connectivity index (χ1) is 15.9. The SMILES string of the molecule is COCCN(CCOC)C(=O)COC(=O)/C=C/c1ccc(S(=O)(=O)NCc2ccco2)cc1. The van der Waals surface area contributed by atoms with E-state index in [0.29, 0.717) is 37.6 Å². The Hall–Kier alpha value is -2.99. The van der Waals surface area contributed by atoms with E-state index in [1.165, 1.54) is 49.7 Å². The fourth-order valence-electron chi connectivity index (χ4n) is 2.62. The van der Waals surface area contributed by atoms with E-state index in [1.54, 1.807) is 24.3 Å². The van der Waals surface area contributed by atoms with Gasteiger partial charge in [-0.1, -0.05) is 12.1 Å². The van der Waals surface area contributed by atoms with E-state index in [4.69, 9.17) is 18.6 Å². The predicted octanol–water partition coefficient (Wildman–Crippen LogP) is 1.44. The van der Waals surface area contributed by atoms with Crippen LogP contribution in [0, 0.1) is 0 Å². The third kappa shape index (κ3) is 9.18. The molecule has 2 rings (SSSR count). The number of nitrogens with one attached hydrogen (secondary N) is 1. The van der Waals surface area contributed by atoms with Crippen LogP contribution in [0.15, 0.2) is 58.1 Å². The summed E-state index contributed by atoms with van der Waals surface area (Å²) in [6.07, 6.45) is 4.10. The van der Waals surface area contributed by atoms with Crippen molar-refractivity contribution in [2.75, 3.05) is 47.1 Å². The Balaban J connectivity index is 1.85. The first kappa shape index (κ1) is 26.3. The summed E-state index contributed by atoms with van der Waals surface area (Å²) in [4.78, 5) is 25.8. The van der Waals surface area contributed by atoms with E-state index in [9.17, 15) is 18.0 Å². The molecule has 1 heterocycles. The second-order valence-electron chi connectivity index (χ2n) is 6.78. The molecule has 0 spiro atoms. The summed E-state index contributed by atoms with van der Waals surface area (Å²) in [6.45, 7) is 1.06. The molecule has 0 aliphatic heterocycles. The number of methoxy groups -OCH3 is 2. The lowest BCUT2D eigenvalue weighted by atomic mass is 10.2. The van der Waals surface area contributed by atoms with Gasteiger partial charge in [0, 0.05) is 33.4 Å². The normalized spacial score (nSPS) is 11.6. The fraction of sp³-hybridized carbons (Fsp3) is 0.364. The molecule has 11 heteroatoms. The fourth-order valence-corrected chi connectivity index (χ4v) is 3.61. The zero-order valence-corrected chi connectivity index (χ0v) is 19.4. The lowest BCUT2D eigenvalue weighted by Gasteiger charge is -2.21. The highest BCUT2D eigenvalue weighted by molar-refractivity contribution is 7.89. The first-order valence-electron chi connectivity index (χ1n) is 10.1. The number of carbonyl (C=O) groups excluding carboxylic acids is 2. The summed E-state index contributed by atoms with van der Waals surface area (Å²) >= 11 is 0. The number of rotatable bonds is 14. The molecule has 0 aliphatic rings. The maximum Gasteiger partial charge on any atom is 0.331 e. The van der Waals surface area contributed by atoms with E-state index in [-0.39, 0.29) is 17.3 Å². The van der Waals surface area contributed by atoms with E-state index in [0.717, 1.165) is 0 Å². The number of hydrogen-bond acceptors (Lipinski definition) is 8. The molecule has 0 unspecified atom stereocenters. The van der Waals surface area contributed by atoms with Gasteiger partial charge in [0.25, 0.3) is 5.91 Å². The summed E-state index contributed by atoms with van der Waals surface area (Å²) in [5.74, 6) is -0.559. The van der Waals surface area contributed by atoms with E-state index in [2.05, 4.69) is 4.72 Å². The maximum atomic E-state index is 12.3. The average Bonchev–Trinajstić information content (AvgIpc) is 3.34. The first-order valence-corrected chi connectivity index (χ1v) is 11.6. The highest BCUT2D eigenvalue weighted by Gasteiger charge is 2.15. The van der Waals surface area contributed by atoms with Crippen molar-refractivity contribution in [3.8, 4) is 0 Å². The van der Waals surface area contributed by atoms with Crippen LogP contribution in [0.3, 0.4) is 0 Å². The summed E-state index contributed by atoms with van der Waals surface area (Å²) < 4.78 is 47.2. The van der Waals surface area contributed by atoms with Gasteiger partial charge in [-0.2, -0.15) is 0 Å². The number of esters is 1. The molecule has 33 heavy (non-hydrogen) atoms. The minimum Gasteiger partial charge on any atom is -0.468 e. The molecule has 180 valence electrons. The van der Waals surface area contributed by atoms with Crippen LogP contribution >= 0.6 is 0 Å². The van der Waals surface area contributed by atoms with Gasteiger partial charge in [-0.15, -0.1) is 0 Å². The molecule has 2 aromatic rings. The number of sulfonamides is 1. The molecule has 10 nitrogen and oxygen atoms in total. The zero-order valence-electron chi connectivity index (χ0n) is 18.6. The number of amides is 1. The third-order valence-corrected chi connectivity index (χ3v) is 5.86. The van der Waals surface area contributed by atoms with Gasteiger partial charge < -0.3 is 23.5 Å². The monoisotopic (exact) mass is 480 g/mol. The van der Waals surface area contributed by atoms with Crippen LogP contribution in [0.2, 0.25) is 0 Å². The standard InChI is InChI=1S/C22H28N2O8S/c1-29-14-11-24(12-15-30-2)21(25)17-32-22(26)10-7-18-5-8-20(9-6-18)33(27,28)23-16-19-4-3-13-31-19/h3-10,13,23H,11-12,14-17H2,1-2H3/b10-7+. The highest BCUT2D eigenvalue weighted by Crippen LogP contribution is 2.12. The number of nitrogens with zero attached hydrogens (tertiary/aromatic N) is 1. The Labute approximate surface area is 193 Å². The van der Waals surface area contributed by atoms with Gasteiger partial charge in [-0.25, -0.2) is 17.9 Å². The minimum absolute atomic E-state index is 0.0376. The van der Waals surface area contributed by atoms with Crippen molar-refractivity contribution in [3.05, 3.63) is 60.1 Å². The van der Waals surface area contributed by atoms with Crippen LogP contribution in [0.25, 0.3) is 6.08 Å². The second-order valence-corrected chi connectivity index (χ2v) is 8.55. The molecule has 0 fully saturated rings. The topological polar surface area (TPSA) is 124 Å². The molecule has 1 N–H and O–H groups in total. The molecule has 0 atom stereocenters. The molecule has 0 bridgehead atoms. The molecule has 1 aromatic carbocycles. The summed E-state index contributed by atoms with van der Waals surface area (Å²) in [7, 11) is -0.648.